The smallest absolute Gasteiger partial charge is 0.148 e. The number of anilines is 1. The molecule has 0 unspecified atom stereocenters. The second kappa shape index (κ2) is 5.44. The summed E-state index contributed by atoms with van der Waals surface area (Å²) in [5.41, 5.74) is 1.17. The van der Waals surface area contributed by atoms with Crippen LogP contribution < -0.4 is 10.1 Å². The van der Waals surface area contributed by atoms with Crippen LogP contribution >= 0.6 is 0 Å². The van der Waals surface area contributed by atoms with Gasteiger partial charge >= 0.3 is 0 Å². The Kier molecular flexibility index (Phi) is 3.72. The molecule has 0 aliphatic rings. The molecule has 0 saturated carbocycles. The maximum Gasteiger partial charge on any atom is 0.148 e. The molecule has 94 valence electrons. The molecule has 0 aliphatic heterocycles. The summed E-state index contributed by atoms with van der Waals surface area (Å²) in [5.74, 6) is 0.932. The fourth-order valence-corrected chi connectivity index (χ4v) is 1.63. The van der Waals surface area contributed by atoms with Crippen LogP contribution in [0.15, 0.2) is 30.3 Å². The summed E-state index contributed by atoms with van der Waals surface area (Å²) in [6, 6.07) is 7.89. The summed E-state index contributed by atoms with van der Waals surface area (Å²) >= 11 is 0. The van der Waals surface area contributed by atoms with E-state index < -0.39 is 0 Å². The average molecular weight is 247 g/mol. The van der Waals surface area contributed by atoms with Gasteiger partial charge in [-0.3, -0.25) is 0 Å². The van der Waals surface area contributed by atoms with Crippen molar-refractivity contribution in [2.24, 2.45) is 0 Å². The molecule has 0 saturated heterocycles. The highest BCUT2D eigenvalue weighted by molar-refractivity contribution is 5.67. The molecule has 5 heteroatoms. The summed E-state index contributed by atoms with van der Waals surface area (Å²) in [6.45, 7) is 2.75. The number of nitrogens with zero attached hydrogens (tertiary/aromatic N) is 2. The van der Waals surface area contributed by atoms with E-state index in [9.17, 15) is 4.39 Å². The second-order valence-electron chi connectivity index (χ2n) is 3.68. The van der Waals surface area contributed by atoms with Crippen molar-refractivity contribution >= 4 is 5.82 Å². The number of methoxy groups -OCH3 is 1. The van der Waals surface area contributed by atoms with Crippen molar-refractivity contribution in [1.29, 1.82) is 0 Å². The number of hydrogen-bond acceptors (Lipinski definition) is 4. The Morgan fingerprint density at radius 3 is 2.67 bits per heavy atom. The van der Waals surface area contributed by atoms with E-state index in [1.54, 1.807) is 18.2 Å². The van der Waals surface area contributed by atoms with E-state index in [0.717, 1.165) is 6.54 Å². The molecular weight excluding hydrogens is 233 g/mol. The van der Waals surface area contributed by atoms with Gasteiger partial charge in [-0.05, 0) is 37.3 Å². The lowest BCUT2D eigenvalue weighted by Crippen LogP contribution is -2.01. The second-order valence-corrected chi connectivity index (χ2v) is 3.68. The van der Waals surface area contributed by atoms with Gasteiger partial charge in [0.2, 0.25) is 0 Å². The quantitative estimate of drug-likeness (QED) is 0.902. The maximum atomic E-state index is 13.3. The van der Waals surface area contributed by atoms with Crippen LogP contribution in [0.2, 0.25) is 0 Å². The molecule has 1 aromatic carbocycles. The molecule has 18 heavy (non-hydrogen) atoms. The lowest BCUT2D eigenvalue weighted by atomic mass is 10.1. The molecule has 0 fully saturated rings. The fourth-order valence-electron chi connectivity index (χ4n) is 1.63. The number of benzene rings is 1. The third-order valence-electron chi connectivity index (χ3n) is 2.46. The predicted molar refractivity (Wildman–Crippen MR) is 68.1 cm³/mol. The maximum absolute atomic E-state index is 13.3. The Bertz CT molecular complexity index is 528. The van der Waals surface area contributed by atoms with Gasteiger partial charge in [0.05, 0.1) is 12.8 Å². The van der Waals surface area contributed by atoms with Gasteiger partial charge in [-0.15, -0.1) is 10.2 Å². The van der Waals surface area contributed by atoms with Crippen LogP contribution in [0.25, 0.3) is 11.3 Å². The van der Waals surface area contributed by atoms with E-state index in [1.807, 2.05) is 6.92 Å². The Balaban J connectivity index is 2.38. The number of rotatable bonds is 4. The van der Waals surface area contributed by atoms with Gasteiger partial charge in [0, 0.05) is 12.1 Å². The standard InChI is InChI=1S/C13H14FN3O/c1-3-15-13-7-5-11(16-17-13)10-8-9(14)4-6-12(10)18-2/h4-8H,3H2,1-2H3,(H,15,17). The van der Waals surface area contributed by atoms with Crippen molar-refractivity contribution in [1.82, 2.24) is 10.2 Å². The molecular formula is C13H14FN3O. The van der Waals surface area contributed by atoms with Gasteiger partial charge in [-0.1, -0.05) is 0 Å². The minimum Gasteiger partial charge on any atom is -0.496 e. The van der Waals surface area contributed by atoms with Crippen LogP contribution in [0.3, 0.4) is 0 Å². The monoisotopic (exact) mass is 247 g/mol. The minimum absolute atomic E-state index is 0.330. The van der Waals surface area contributed by atoms with E-state index in [2.05, 4.69) is 15.5 Å². The van der Waals surface area contributed by atoms with Crippen molar-refractivity contribution in [2.75, 3.05) is 19.0 Å². The zero-order chi connectivity index (χ0) is 13.0. The molecule has 0 aliphatic carbocycles. The molecule has 2 aromatic rings. The van der Waals surface area contributed by atoms with Crippen LogP contribution in [0, 0.1) is 5.82 Å². The summed E-state index contributed by atoms with van der Waals surface area (Å²) in [7, 11) is 1.54. The zero-order valence-corrected chi connectivity index (χ0v) is 10.3. The Morgan fingerprint density at radius 2 is 2.06 bits per heavy atom. The molecule has 0 atom stereocenters. The molecule has 0 radical (unpaired) electrons. The van der Waals surface area contributed by atoms with Crippen molar-refractivity contribution in [3.8, 4) is 17.0 Å². The Hall–Kier alpha value is -2.17. The Labute approximate surface area is 105 Å². The van der Waals surface area contributed by atoms with E-state index in [0.29, 0.717) is 22.8 Å². The normalized spacial score (nSPS) is 10.2. The highest BCUT2D eigenvalue weighted by Gasteiger charge is 2.09. The lowest BCUT2D eigenvalue weighted by molar-refractivity contribution is 0.415. The van der Waals surface area contributed by atoms with Crippen molar-refractivity contribution in [3.63, 3.8) is 0 Å². The highest BCUT2D eigenvalue weighted by atomic mass is 19.1. The van der Waals surface area contributed by atoms with Crippen molar-refractivity contribution in [3.05, 3.63) is 36.1 Å². The third-order valence-corrected chi connectivity index (χ3v) is 2.46. The first-order valence-corrected chi connectivity index (χ1v) is 5.66. The lowest BCUT2D eigenvalue weighted by Gasteiger charge is -2.08. The van der Waals surface area contributed by atoms with Crippen molar-refractivity contribution in [2.45, 2.75) is 6.92 Å². The summed E-state index contributed by atoms with van der Waals surface area (Å²) in [5, 5.41) is 11.1. The molecule has 2 rings (SSSR count). The molecule has 0 bridgehead atoms. The molecule has 0 spiro atoms. The molecule has 1 heterocycles. The van der Waals surface area contributed by atoms with Crippen LogP contribution in [0.4, 0.5) is 10.2 Å². The highest BCUT2D eigenvalue weighted by Crippen LogP contribution is 2.29. The number of ether oxygens (including phenoxy) is 1. The fraction of sp³-hybridized carbons (Fsp3) is 0.231. The van der Waals surface area contributed by atoms with Crippen LogP contribution in [0.1, 0.15) is 6.92 Å². The van der Waals surface area contributed by atoms with Crippen LogP contribution in [-0.2, 0) is 0 Å². The van der Waals surface area contributed by atoms with Gasteiger partial charge in [0.15, 0.2) is 0 Å². The average Bonchev–Trinajstić information content (AvgIpc) is 2.40. The first kappa shape index (κ1) is 12.3. The van der Waals surface area contributed by atoms with Gasteiger partial charge in [-0.25, -0.2) is 4.39 Å². The number of hydrogen-bond donors (Lipinski definition) is 1. The summed E-state index contributed by atoms with van der Waals surface area (Å²) < 4.78 is 18.4. The molecule has 0 amide bonds. The van der Waals surface area contributed by atoms with E-state index in [-0.39, 0.29) is 5.82 Å². The van der Waals surface area contributed by atoms with E-state index >= 15 is 0 Å². The van der Waals surface area contributed by atoms with Gasteiger partial charge in [-0.2, -0.15) is 0 Å². The predicted octanol–water partition coefficient (Wildman–Crippen LogP) is 2.72. The largest absolute Gasteiger partial charge is 0.496 e. The zero-order valence-electron chi connectivity index (χ0n) is 10.3. The van der Waals surface area contributed by atoms with E-state index in [4.69, 9.17) is 4.74 Å². The minimum atomic E-state index is -0.330. The first-order chi connectivity index (χ1) is 8.74. The van der Waals surface area contributed by atoms with Crippen LogP contribution in [0.5, 0.6) is 5.75 Å². The Morgan fingerprint density at radius 1 is 1.22 bits per heavy atom. The van der Waals surface area contributed by atoms with E-state index in [1.165, 1.54) is 19.2 Å². The molecule has 1 N–H and O–H groups in total. The molecule has 4 nitrogen and oxygen atoms in total. The first-order valence-electron chi connectivity index (χ1n) is 5.66. The van der Waals surface area contributed by atoms with Gasteiger partial charge < -0.3 is 10.1 Å². The summed E-state index contributed by atoms with van der Waals surface area (Å²) in [6.07, 6.45) is 0. The SMILES string of the molecule is CCNc1ccc(-c2cc(F)ccc2OC)nn1. The van der Waals surface area contributed by atoms with Gasteiger partial charge in [0.1, 0.15) is 17.4 Å². The summed E-state index contributed by atoms with van der Waals surface area (Å²) in [4.78, 5) is 0. The van der Waals surface area contributed by atoms with Crippen molar-refractivity contribution < 1.29 is 9.13 Å². The molecule has 1 aromatic heterocycles. The number of nitrogens with one attached hydrogen (secondary N) is 1. The van der Waals surface area contributed by atoms with Crippen LogP contribution in [-0.4, -0.2) is 23.9 Å². The number of aromatic nitrogens is 2. The third kappa shape index (κ3) is 2.56. The number of halogens is 1. The topological polar surface area (TPSA) is 47.0 Å². The van der Waals surface area contributed by atoms with Gasteiger partial charge in [0.25, 0.3) is 0 Å².